The molecule has 1 heterocycles. The van der Waals surface area contributed by atoms with Crippen molar-refractivity contribution in [2.24, 2.45) is 0 Å². The Morgan fingerprint density at radius 1 is 1.03 bits per heavy atom. The number of hydrogen-bond acceptors (Lipinski definition) is 6. The van der Waals surface area contributed by atoms with E-state index in [4.69, 9.17) is 9.15 Å². The minimum atomic E-state index is -4.16. The van der Waals surface area contributed by atoms with Crippen LogP contribution >= 0.6 is 0 Å². The molecule has 8 heteroatoms. The van der Waals surface area contributed by atoms with Crippen molar-refractivity contribution in [3.05, 3.63) is 58.8 Å². The standard InChI is InChI=1S/C21H21NO6S/c1-12-6-9-19(13(2)10-12)29(25,26)22(15(4)23)16-7-8-18-17(11-16)20(14(3)28-18)21(24)27-5/h6-11H,1-5H3. The summed E-state index contributed by atoms with van der Waals surface area (Å²) in [5.41, 5.74) is 2.13. The Bertz CT molecular complexity index is 1240. The molecule has 0 spiro atoms. The van der Waals surface area contributed by atoms with Crippen LogP contribution in [-0.2, 0) is 19.6 Å². The lowest BCUT2D eigenvalue weighted by Crippen LogP contribution is -2.35. The lowest BCUT2D eigenvalue weighted by Gasteiger charge is -2.22. The number of anilines is 1. The first-order valence-corrected chi connectivity index (χ1v) is 10.3. The molecule has 0 saturated heterocycles. The zero-order valence-electron chi connectivity index (χ0n) is 16.8. The highest BCUT2D eigenvalue weighted by Crippen LogP contribution is 2.33. The third-order valence-corrected chi connectivity index (χ3v) is 6.57. The Morgan fingerprint density at radius 3 is 2.31 bits per heavy atom. The second-order valence-corrected chi connectivity index (χ2v) is 8.52. The molecule has 152 valence electrons. The van der Waals surface area contributed by atoms with Gasteiger partial charge in [-0.15, -0.1) is 0 Å². The molecule has 0 aliphatic rings. The molecule has 1 amide bonds. The molecule has 0 unspecified atom stereocenters. The molecule has 0 aliphatic carbocycles. The van der Waals surface area contributed by atoms with Gasteiger partial charge in [0.25, 0.3) is 10.0 Å². The zero-order chi connectivity index (χ0) is 21.5. The molecule has 0 aliphatic heterocycles. The van der Waals surface area contributed by atoms with E-state index in [9.17, 15) is 18.0 Å². The van der Waals surface area contributed by atoms with E-state index in [-0.39, 0.29) is 16.1 Å². The Morgan fingerprint density at radius 2 is 1.72 bits per heavy atom. The molecule has 0 saturated carbocycles. The number of fused-ring (bicyclic) bond motifs is 1. The fourth-order valence-corrected chi connectivity index (χ4v) is 5.00. The highest BCUT2D eigenvalue weighted by molar-refractivity contribution is 7.93. The molecule has 0 bridgehead atoms. The van der Waals surface area contributed by atoms with Crippen molar-refractivity contribution in [2.45, 2.75) is 32.6 Å². The van der Waals surface area contributed by atoms with Gasteiger partial charge >= 0.3 is 5.97 Å². The number of amides is 1. The van der Waals surface area contributed by atoms with Crippen LogP contribution < -0.4 is 4.31 Å². The first-order valence-electron chi connectivity index (χ1n) is 8.82. The lowest BCUT2D eigenvalue weighted by molar-refractivity contribution is -0.115. The fourth-order valence-electron chi connectivity index (χ4n) is 3.37. The van der Waals surface area contributed by atoms with Gasteiger partial charge in [0.15, 0.2) is 0 Å². The quantitative estimate of drug-likeness (QED) is 0.600. The maximum Gasteiger partial charge on any atom is 0.342 e. The number of benzene rings is 2. The predicted molar refractivity (Wildman–Crippen MR) is 109 cm³/mol. The molecule has 0 N–H and O–H groups in total. The number of carbonyl (C=O) groups excluding carboxylic acids is 2. The Balaban J connectivity index is 2.23. The largest absolute Gasteiger partial charge is 0.465 e. The molecule has 7 nitrogen and oxygen atoms in total. The number of esters is 1. The van der Waals surface area contributed by atoms with Crippen molar-refractivity contribution in [2.75, 3.05) is 11.4 Å². The summed E-state index contributed by atoms with van der Waals surface area (Å²) >= 11 is 0. The van der Waals surface area contributed by atoms with Crippen molar-refractivity contribution in [3.63, 3.8) is 0 Å². The minimum absolute atomic E-state index is 0.0370. The number of carbonyl (C=O) groups is 2. The number of nitrogens with zero attached hydrogens (tertiary/aromatic N) is 1. The van der Waals surface area contributed by atoms with Crippen molar-refractivity contribution >= 4 is 38.6 Å². The maximum absolute atomic E-state index is 13.3. The molecule has 0 radical (unpaired) electrons. The van der Waals surface area contributed by atoms with E-state index in [1.165, 1.54) is 38.3 Å². The van der Waals surface area contributed by atoms with E-state index in [0.29, 0.717) is 22.3 Å². The molecule has 3 rings (SSSR count). The number of methoxy groups -OCH3 is 1. The topological polar surface area (TPSA) is 93.9 Å². The van der Waals surface area contributed by atoms with E-state index < -0.39 is 21.9 Å². The van der Waals surface area contributed by atoms with Crippen LogP contribution in [-0.4, -0.2) is 27.4 Å². The Hall–Kier alpha value is -3.13. The second kappa shape index (κ2) is 7.36. The van der Waals surface area contributed by atoms with Crippen molar-refractivity contribution in [1.82, 2.24) is 0 Å². The number of hydrogen-bond donors (Lipinski definition) is 0. The monoisotopic (exact) mass is 415 g/mol. The van der Waals surface area contributed by atoms with E-state index >= 15 is 0 Å². The van der Waals surface area contributed by atoms with Gasteiger partial charge in [-0.1, -0.05) is 17.7 Å². The summed E-state index contributed by atoms with van der Waals surface area (Å²) in [7, 11) is -2.92. The van der Waals surface area contributed by atoms with Crippen LogP contribution in [0.1, 0.15) is 34.2 Å². The van der Waals surface area contributed by atoms with Crippen molar-refractivity contribution < 1.29 is 27.2 Å². The average molecular weight is 415 g/mol. The zero-order valence-corrected chi connectivity index (χ0v) is 17.6. The van der Waals surface area contributed by atoms with E-state index in [0.717, 1.165) is 9.87 Å². The number of furan rings is 1. The Kier molecular flexibility index (Phi) is 5.23. The number of aryl methyl sites for hydroxylation is 3. The number of ether oxygens (including phenoxy) is 1. The van der Waals surface area contributed by atoms with Gasteiger partial charge in [-0.3, -0.25) is 4.79 Å². The van der Waals surface area contributed by atoms with Gasteiger partial charge < -0.3 is 9.15 Å². The van der Waals surface area contributed by atoms with Crippen LogP contribution in [0.3, 0.4) is 0 Å². The molecule has 0 fully saturated rings. The molecule has 29 heavy (non-hydrogen) atoms. The summed E-state index contributed by atoms with van der Waals surface area (Å²) in [6.45, 7) is 6.32. The predicted octanol–water partition coefficient (Wildman–Crippen LogP) is 3.89. The highest BCUT2D eigenvalue weighted by Gasteiger charge is 2.31. The first-order chi connectivity index (χ1) is 13.6. The summed E-state index contributed by atoms with van der Waals surface area (Å²) in [5, 5.41) is 0.369. The van der Waals surface area contributed by atoms with Gasteiger partial charge in [-0.2, -0.15) is 0 Å². The highest BCUT2D eigenvalue weighted by atomic mass is 32.2. The van der Waals surface area contributed by atoms with Gasteiger partial charge in [0.2, 0.25) is 5.91 Å². The van der Waals surface area contributed by atoms with E-state index in [1.807, 2.05) is 6.92 Å². The van der Waals surface area contributed by atoms with Crippen LogP contribution in [0.4, 0.5) is 5.69 Å². The maximum atomic E-state index is 13.3. The first kappa shape index (κ1) is 20.6. The SMILES string of the molecule is COC(=O)c1c(C)oc2ccc(N(C(C)=O)S(=O)(=O)c3ccc(C)cc3C)cc12. The lowest BCUT2D eigenvalue weighted by atomic mass is 10.1. The summed E-state index contributed by atoms with van der Waals surface area (Å²) in [5.74, 6) is -0.940. The fraction of sp³-hybridized carbons (Fsp3) is 0.238. The molecular formula is C21H21NO6S. The Labute approximate surface area is 168 Å². The number of rotatable bonds is 4. The smallest absolute Gasteiger partial charge is 0.342 e. The molecular weight excluding hydrogens is 394 g/mol. The second-order valence-electron chi connectivity index (χ2n) is 6.76. The van der Waals surface area contributed by atoms with Gasteiger partial charge in [0.05, 0.1) is 17.7 Å². The normalized spacial score (nSPS) is 11.5. The van der Waals surface area contributed by atoms with Crippen LogP contribution in [0.5, 0.6) is 0 Å². The molecule has 1 aromatic heterocycles. The van der Waals surface area contributed by atoms with Crippen molar-refractivity contribution in [3.8, 4) is 0 Å². The average Bonchev–Trinajstić information content (AvgIpc) is 2.95. The van der Waals surface area contributed by atoms with Gasteiger partial charge in [0, 0.05) is 12.3 Å². The van der Waals surface area contributed by atoms with E-state index in [2.05, 4.69) is 0 Å². The van der Waals surface area contributed by atoms with Crippen LogP contribution in [0.2, 0.25) is 0 Å². The van der Waals surface area contributed by atoms with Crippen molar-refractivity contribution in [1.29, 1.82) is 0 Å². The third kappa shape index (κ3) is 3.51. The van der Waals surface area contributed by atoms with Gasteiger partial charge in [-0.25, -0.2) is 17.5 Å². The minimum Gasteiger partial charge on any atom is -0.465 e. The summed E-state index contributed by atoms with van der Waals surface area (Å²) < 4.78 is 37.7. The summed E-state index contributed by atoms with van der Waals surface area (Å²) in [6, 6.07) is 9.34. The van der Waals surface area contributed by atoms with Crippen LogP contribution in [0.15, 0.2) is 45.7 Å². The van der Waals surface area contributed by atoms with E-state index in [1.54, 1.807) is 26.0 Å². The summed E-state index contributed by atoms with van der Waals surface area (Å²) in [4.78, 5) is 24.6. The molecule has 0 atom stereocenters. The van der Waals surface area contributed by atoms with Gasteiger partial charge in [-0.05, 0) is 50.6 Å². The third-order valence-electron chi connectivity index (χ3n) is 4.61. The number of sulfonamides is 1. The van der Waals surface area contributed by atoms with Gasteiger partial charge in [0.1, 0.15) is 16.9 Å². The summed E-state index contributed by atoms with van der Waals surface area (Å²) in [6.07, 6.45) is 0. The molecule has 3 aromatic rings. The van der Waals surface area contributed by atoms with Crippen LogP contribution in [0.25, 0.3) is 11.0 Å². The van der Waals surface area contributed by atoms with Crippen LogP contribution in [0, 0.1) is 20.8 Å². The molecule has 2 aromatic carbocycles.